The van der Waals surface area contributed by atoms with Crippen LogP contribution in [0.5, 0.6) is 0 Å². The molecule has 1 heterocycles. The van der Waals surface area contributed by atoms with Crippen molar-refractivity contribution >= 4 is 11.8 Å². The van der Waals surface area contributed by atoms with Crippen LogP contribution in [0.25, 0.3) is 0 Å². The molecule has 1 aliphatic rings. The third kappa shape index (κ3) is 4.75. The fourth-order valence-corrected chi connectivity index (χ4v) is 3.10. The summed E-state index contributed by atoms with van der Waals surface area (Å²) in [6.45, 7) is 7.95. The predicted octanol–water partition coefficient (Wildman–Crippen LogP) is 2.19. The molecule has 0 spiro atoms. The van der Waals surface area contributed by atoms with Gasteiger partial charge in [0.15, 0.2) is 0 Å². The molecule has 2 atom stereocenters. The van der Waals surface area contributed by atoms with Gasteiger partial charge >= 0.3 is 0 Å². The molecule has 2 unspecified atom stereocenters. The van der Waals surface area contributed by atoms with E-state index in [1.807, 2.05) is 11.8 Å². The summed E-state index contributed by atoms with van der Waals surface area (Å²) in [7, 11) is 0. The maximum Gasteiger partial charge on any atom is 0.0226 e. The molecule has 2 N–H and O–H groups in total. The molecule has 0 aromatic carbocycles. The largest absolute Gasteiger partial charge is 0.329 e. The Hall–Kier alpha value is 0.270. The van der Waals surface area contributed by atoms with Crippen molar-refractivity contribution in [2.45, 2.75) is 39.2 Å². The lowest BCUT2D eigenvalue weighted by atomic mass is 9.98. The minimum absolute atomic E-state index is 0.631. The number of thioether (sulfide) groups is 1. The van der Waals surface area contributed by atoms with Gasteiger partial charge < -0.3 is 5.73 Å². The molecule has 0 bridgehead atoms. The first-order chi connectivity index (χ1) is 7.27. The molecule has 0 aromatic heterocycles. The molecule has 15 heavy (non-hydrogen) atoms. The average Bonchev–Trinajstić information content (AvgIpc) is 2.24. The van der Waals surface area contributed by atoms with Crippen molar-refractivity contribution in [3.05, 3.63) is 0 Å². The highest BCUT2D eigenvalue weighted by Gasteiger charge is 2.22. The summed E-state index contributed by atoms with van der Waals surface area (Å²) in [5.74, 6) is 3.36. The topological polar surface area (TPSA) is 29.3 Å². The number of hydrogen-bond acceptors (Lipinski definition) is 3. The van der Waals surface area contributed by atoms with Gasteiger partial charge in [0.25, 0.3) is 0 Å². The van der Waals surface area contributed by atoms with Crippen molar-refractivity contribution in [1.82, 2.24) is 4.90 Å². The maximum absolute atomic E-state index is 5.88. The van der Waals surface area contributed by atoms with Crippen LogP contribution < -0.4 is 5.73 Å². The van der Waals surface area contributed by atoms with E-state index >= 15 is 0 Å². The molecule has 1 fully saturated rings. The van der Waals surface area contributed by atoms with Crippen molar-refractivity contribution in [3.8, 4) is 0 Å². The van der Waals surface area contributed by atoms with E-state index in [0.717, 1.165) is 12.5 Å². The zero-order valence-electron chi connectivity index (χ0n) is 10.2. The van der Waals surface area contributed by atoms with Gasteiger partial charge in [-0.25, -0.2) is 0 Å². The number of rotatable bonds is 6. The SMILES string of the molecule is CCSCCC(CN)N1CCCC(C)C1. The van der Waals surface area contributed by atoms with E-state index in [1.54, 1.807) is 0 Å². The summed E-state index contributed by atoms with van der Waals surface area (Å²) >= 11 is 2.03. The van der Waals surface area contributed by atoms with Crippen LogP contribution in [0.4, 0.5) is 0 Å². The van der Waals surface area contributed by atoms with Crippen LogP contribution in [0.2, 0.25) is 0 Å². The lowest BCUT2D eigenvalue weighted by Gasteiger charge is -2.36. The highest BCUT2D eigenvalue weighted by molar-refractivity contribution is 7.99. The summed E-state index contributed by atoms with van der Waals surface area (Å²) in [4.78, 5) is 2.62. The van der Waals surface area contributed by atoms with E-state index in [-0.39, 0.29) is 0 Å². The van der Waals surface area contributed by atoms with Crippen LogP contribution in [0.3, 0.4) is 0 Å². The minimum atomic E-state index is 0.631. The van der Waals surface area contributed by atoms with Gasteiger partial charge in [0.1, 0.15) is 0 Å². The van der Waals surface area contributed by atoms with E-state index in [2.05, 4.69) is 18.7 Å². The van der Waals surface area contributed by atoms with Crippen molar-refractivity contribution in [1.29, 1.82) is 0 Å². The Kier molecular flexibility index (Phi) is 6.69. The Bertz CT molecular complexity index is 164. The number of hydrogen-bond donors (Lipinski definition) is 1. The zero-order valence-corrected chi connectivity index (χ0v) is 11.1. The molecule has 90 valence electrons. The first kappa shape index (κ1) is 13.3. The second-order valence-electron chi connectivity index (χ2n) is 4.62. The lowest BCUT2D eigenvalue weighted by molar-refractivity contribution is 0.131. The number of likely N-dealkylation sites (tertiary alicyclic amines) is 1. The highest BCUT2D eigenvalue weighted by atomic mass is 32.2. The molecule has 0 saturated carbocycles. The zero-order chi connectivity index (χ0) is 11.1. The molecule has 0 aliphatic carbocycles. The third-order valence-electron chi connectivity index (χ3n) is 3.28. The summed E-state index contributed by atoms with van der Waals surface area (Å²) in [5, 5.41) is 0. The van der Waals surface area contributed by atoms with Gasteiger partial charge in [0, 0.05) is 19.1 Å². The van der Waals surface area contributed by atoms with E-state index in [9.17, 15) is 0 Å². The van der Waals surface area contributed by atoms with Gasteiger partial charge in [-0.15, -0.1) is 0 Å². The fourth-order valence-electron chi connectivity index (χ4n) is 2.37. The van der Waals surface area contributed by atoms with Crippen LogP contribution in [-0.2, 0) is 0 Å². The predicted molar refractivity (Wildman–Crippen MR) is 70.4 cm³/mol. The molecule has 2 nitrogen and oxygen atoms in total. The van der Waals surface area contributed by atoms with Crippen molar-refractivity contribution in [2.75, 3.05) is 31.1 Å². The Balaban J connectivity index is 2.29. The van der Waals surface area contributed by atoms with E-state index < -0.39 is 0 Å². The van der Waals surface area contributed by atoms with E-state index in [0.29, 0.717) is 6.04 Å². The molecule has 0 aromatic rings. The molecule has 0 radical (unpaired) electrons. The monoisotopic (exact) mass is 230 g/mol. The van der Waals surface area contributed by atoms with Gasteiger partial charge in [-0.2, -0.15) is 11.8 Å². The second kappa shape index (κ2) is 7.53. The Morgan fingerprint density at radius 3 is 2.93 bits per heavy atom. The second-order valence-corrected chi connectivity index (χ2v) is 6.01. The summed E-state index contributed by atoms with van der Waals surface area (Å²) in [6.07, 6.45) is 4.03. The Morgan fingerprint density at radius 1 is 1.53 bits per heavy atom. The van der Waals surface area contributed by atoms with Crippen molar-refractivity contribution in [3.63, 3.8) is 0 Å². The molecule has 1 saturated heterocycles. The molecule has 0 amide bonds. The Labute approximate surface area is 99.0 Å². The third-order valence-corrected chi connectivity index (χ3v) is 4.21. The molecular weight excluding hydrogens is 204 g/mol. The molecule has 1 rings (SSSR count). The van der Waals surface area contributed by atoms with Gasteiger partial charge in [0.05, 0.1) is 0 Å². The van der Waals surface area contributed by atoms with Crippen LogP contribution in [0.1, 0.15) is 33.1 Å². The summed E-state index contributed by atoms with van der Waals surface area (Å²) in [6, 6.07) is 0.631. The standard InChI is InChI=1S/C12H26N2S/c1-3-15-8-6-12(9-13)14-7-4-5-11(2)10-14/h11-12H,3-10,13H2,1-2H3. The number of nitrogens with two attached hydrogens (primary N) is 1. The molecule has 3 heteroatoms. The van der Waals surface area contributed by atoms with Crippen LogP contribution in [-0.4, -0.2) is 42.1 Å². The van der Waals surface area contributed by atoms with Crippen LogP contribution >= 0.6 is 11.8 Å². The fraction of sp³-hybridized carbons (Fsp3) is 1.00. The number of piperidine rings is 1. The quantitative estimate of drug-likeness (QED) is 0.709. The molecular formula is C12H26N2S. The lowest BCUT2D eigenvalue weighted by Crippen LogP contribution is -2.46. The Morgan fingerprint density at radius 2 is 2.33 bits per heavy atom. The van der Waals surface area contributed by atoms with E-state index in [4.69, 9.17) is 5.73 Å². The van der Waals surface area contributed by atoms with Gasteiger partial charge in [-0.05, 0) is 43.2 Å². The van der Waals surface area contributed by atoms with Gasteiger partial charge in [-0.3, -0.25) is 4.90 Å². The van der Waals surface area contributed by atoms with E-state index in [1.165, 1.54) is 43.9 Å². The van der Waals surface area contributed by atoms with Gasteiger partial charge in [0.2, 0.25) is 0 Å². The molecule has 1 aliphatic heterocycles. The average molecular weight is 230 g/mol. The van der Waals surface area contributed by atoms with Crippen molar-refractivity contribution in [2.24, 2.45) is 11.7 Å². The normalized spacial score (nSPS) is 25.4. The highest BCUT2D eigenvalue weighted by Crippen LogP contribution is 2.19. The van der Waals surface area contributed by atoms with Crippen LogP contribution in [0.15, 0.2) is 0 Å². The maximum atomic E-state index is 5.88. The first-order valence-corrected chi connectivity index (χ1v) is 7.45. The van der Waals surface area contributed by atoms with Gasteiger partial charge in [-0.1, -0.05) is 13.8 Å². The van der Waals surface area contributed by atoms with Crippen LogP contribution in [0, 0.1) is 5.92 Å². The summed E-state index contributed by atoms with van der Waals surface area (Å²) in [5.41, 5.74) is 5.88. The van der Waals surface area contributed by atoms with Crippen molar-refractivity contribution < 1.29 is 0 Å². The smallest absolute Gasteiger partial charge is 0.0226 e. The summed E-state index contributed by atoms with van der Waals surface area (Å²) < 4.78 is 0. The number of nitrogens with zero attached hydrogens (tertiary/aromatic N) is 1. The minimum Gasteiger partial charge on any atom is -0.329 e. The first-order valence-electron chi connectivity index (χ1n) is 6.29.